The molecule has 17 heavy (non-hydrogen) atoms. The van der Waals surface area contributed by atoms with E-state index >= 15 is 0 Å². The Hall–Kier alpha value is 0.260. The molecule has 1 saturated heterocycles. The maximum atomic E-state index is 11.4. The number of hydrogen-bond acceptors (Lipinski definition) is 3. The van der Waals surface area contributed by atoms with Crippen molar-refractivity contribution in [2.45, 2.75) is 37.6 Å². The summed E-state index contributed by atoms with van der Waals surface area (Å²) in [6.07, 6.45) is 0.0439. The van der Waals surface area contributed by atoms with Crippen LogP contribution in [0.2, 0.25) is 0 Å². The van der Waals surface area contributed by atoms with Gasteiger partial charge < -0.3 is 19.6 Å². The Labute approximate surface area is 100 Å². The summed E-state index contributed by atoms with van der Waals surface area (Å²) < 4.78 is 22.6. The fraction of sp³-hybridized carbons (Fsp3) is 1.00. The summed E-state index contributed by atoms with van der Waals surface area (Å²) in [6.45, 7) is 4.18. The van der Waals surface area contributed by atoms with Gasteiger partial charge in [-0.1, -0.05) is 6.92 Å². The molecule has 1 aliphatic rings. The third-order valence-corrected chi connectivity index (χ3v) is 6.35. The van der Waals surface area contributed by atoms with Crippen LogP contribution in [-0.4, -0.2) is 54.9 Å². The van der Waals surface area contributed by atoms with E-state index in [9.17, 15) is 18.9 Å². The van der Waals surface area contributed by atoms with E-state index in [4.69, 9.17) is 9.79 Å². The van der Waals surface area contributed by atoms with Crippen molar-refractivity contribution in [3.05, 3.63) is 0 Å². The first-order chi connectivity index (χ1) is 7.57. The summed E-state index contributed by atoms with van der Waals surface area (Å²) in [5.41, 5.74) is -2.57. The maximum absolute atomic E-state index is 11.4. The molecule has 1 aliphatic heterocycles. The number of hydrogen-bond donors (Lipinski definition) is 4. The van der Waals surface area contributed by atoms with Crippen LogP contribution in [0, 0.1) is 0 Å². The minimum atomic E-state index is -4.52. The quantitative estimate of drug-likeness (QED) is 0.407. The van der Waals surface area contributed by atoms with Crippen molar-refractivity contribution in [1.29, 1.82) is 0 Å². The zero-order valence-electron chi connectivity index (χ0n) is 9.80. The summed E-state index contributed by atoms with van der Waals surface area (Å²) >= 11 is 0. The van der Waals surface area contributed by atoms with Crippen LogP contribution in [0.25, 0.3) is 0 Å². The molecule has 4 atom stereocenters. The lowest BCUT2D eigenvalue weighted by atomic mass is 10.2. The molecule has 1 heterocycles. The van der Waals surface area contributed by atoms with Gasteiger partial charge in [0.2, 0.25) is 0 Å². The number of rotatable bonds is 6. The van der Waals surface area contributed by atoms with Crippen LogP contribution in [0.4, 0.5) is 0 Å². The average Bonchev–Trinajstić information content (AvgIpc) is 2.77. The lowest BCUT2D eigenvalue weighted by molar-refractivity contribution is 0.314. The first-order valence-electron chi connectivity index (χ1n) is 5.41. The van der Waals surface area contributed by atoms with Crippen molar-refractivity contribution in [3.8, 4) is 0 Å². The minimum absolute atomic E-state index is 0.0368. The van der Waals surface area contributed by atoms with E-state index in [1.54, 1.807) is 4.90 Å². The van der Waals surface area contributed by atoms with Crippen LogP contribution in [0.15, 0.2) is 0 Å². The normalized spacial score (nSPS) is 28.8. The van der Waals surface area contributed by atoms with Crippen LogP contribution in [0.1, 0.15) is 20.3 Å². The van der Waals surface area contributed by atoms with Crippen LogP contribution in [-0.2, 0) is 9.13 Å². The van der Waals surface area contributed by atoms with E-state index in [1.165, 1.54) is 6.92 Å². The predicted octanol–water partition coefficient (Wildman–Crippen LogP) is 0.193. The predicted molar refractivity (Wildman–Crippen MR) is 63.0 cm³/mol. The van der Waals surface area contributed by atoms with E-state index in [0.717, 1.165) is 0 Å². The van der Waals surface area contributed by atoms with Gasteiger partial charge in [0.1, 0.15) is 0 Å². The molecule has 1 fully saturated rings. The van der Waals surface area contributed by atoms with Gasteiger partial charge in [0.25, 0.3) is 0 Å². The highest BCUT2D eigenvalue weighted by Gasteiger charge is 2.47. The minimum Gasteiger partial charge on any atom is -0.324 e. The van der Waals surface area contributed by atoms with Gasteiger partial charge in [0.15, 0.2) is 0 Å². The molecule has 4 unspecified atom stereocenters. The SMILES string of the molecule is CCC(C(CN1CC1C)P(=O)(O)O)P(=O)(O)O. The molecule has 0 aromatic carbocycles. The molecule has 4 N–H and O–H groups in total. The standard InChI is InChI=1S/C8H19NO6P2/c1-3-7(16(10,11)12)8(17(13,14)15)5-9-4-6(9)2/h6-8H,3-5H2,1-2H3,(H2,10,11,12)(H2,13,14,15). The zero-order valence-corrected chi connectivity index (χ0v) is 11.6. The summed E-state index contributed by atoms with van der Waals surface area (Å²) in [5, 5.41) is 0. The summed E-state index contributed by atoms with van der Waals surface area (Å²) in [6, 6.07) is 0.235. The molecule has 102 valence electrons. The molecule has 0 aliphatic carbocycles. The molecular weight excluding hydrogens is 268 g/mol. The second kappa shape index (κ2) is 5.10. The Morgan fingerprint density at radius 3 is 1.82 bits per heavy atom. The molecule has 7 nitrogen and oxygen atoms in total. The molecule has 0 bridgehead atoms. The van der Waals surface area contributed by atoms with Crippen LogP contribution in [0.3, 0.4) is 0 Å². The highest BCUT2D eigenvalue weighted by Crippen LogP contribution is 2.55. The highest BCUT2D eigenvalue weighted by molar-refractivity contribution is 7.57. The summed E-state index contributed by atoms with van der Waals surface area (Å²) in [5.74, 6) is 0. The molecule has 0 aromatic heterocycles. The van der Waals surface area contributed by atoms with Gasteiger partial charge in [-0.2, -0.15) is 0 Å². The average molecular weight is 287 g/mol. The zero-order chi connectivity index (χ0) is 13.4. The van der Waals surface area contributed by atoms with Gasteiger partial charge in [-0.25, -0.2) is 0 Å². The van der Waals surface area contributed by atoms with E-state index in [2.05, 4.69) is 0 Å². The van der Waals surface area contributed by atoms with E-state index in [1.807, 2.05) is 6.92 Å². The van der Waals surface area contributed by atoms with Crippen LogP contribution < -0.4 is 0 Å². The van der Waals surface area contributed by atoms with E-state index < -0.39 is 26.5 Å². The van der Waals surface area contributed by atoms with Crippen molar-refractivity contribution in [3.63, 3.8) is 0 Å². The topological polar surface area (TPSA) is 118 Å². The van der Waals surface area contributed by atoms with Crippen LogP contribution in [0.5, 0.6) is 0 Å². The van der Waals surface area contributed by atoms with Crippen molar-refractivity contribution >= 4 is 15.2 Å². The fourth-order valence-corrected chi connectivity index (χ4v) is 5.12. The van der Waals surface area contributed by atoms with Gasteiger partial charge in [-0.05, 0) is 13.3 Å². The second-order valence-corrected chi connectivity index (χ2v) is 8.21. The molecule has 0 saturated carbocycles. The second-order valence-electron chi connectivity index (χ2n) is 4.52. The molecule has 0 aromatic rings. The smallest absolute Gasteiger partial charge is 0.324 e. The Kier molecular flexibility index (Phi) is 4.59. The highest BCUT2D eigenvalue weighted by atomic mass is 31.2. The van der Waals surface area contributed by atoms with Crippen molar-refractivity contribution < 1.29 is 28.7 Å². The summed E-state index contributed by atoms with van der Waals surface area (Å²) in [7, 11) is -9.01. The molecular formula is C8H19NO6P2. The van der Waals surface area contributed by atoms with Crippen molar-refractivity contribution in [1.82, 2.24) is 4.90 Å². The Morgan fingerprint density at radius 1 is 1.18 bits per heavy atom. The third kappa shape index (κ3) is 4.14. The Balaban J connectivity index is 2.88. The first-order valence-corrected chi connectivity index (χ1v) is 8.78. The number of nitrogens with zero attached hydrogens (tertiary/aromatic N) is 1. The third-order valence-electron chi connectivity index (χ3n) is 3.14. The lowest BCUT2D eigenvalue weighted by Crippen LogP contribution is -2.33. The first kappa shape index (κ1) is 15.3. The molecule has 0 radical (unpaired) electrons. The largest absolute Gasteiger partial charge is 0.330 e. The Bertz CT molecular complexity index is 363. The maximum Gasteiger partial charge on any atom is 0.330 e. The van der Waals surface area contributed by atoms with Crippen molar-refractivity contribution in [2.24, 2.45) is 0 Å². The van der Waals surface area contributed by atoms with E-state index in [-0.39, 0.29) is 19.0 Å². The fourth-order valence-electron chi connectivity index (χ4n) is 1.97. The Morgan fingerprint density at radius 2 is 1.59 bits per heavy atom. The summed E-state index contributed by atoms with van der Waals surface area (Å²) in [4.78, 5) is 38.6. The van der Waals surface area contributed by atoms with Gasteiger partial charge in [-0.15, -0.1) is 0 Å². The lowest BCUT2D eigenvalue weighted by Gasteiger charge is -2.27. The molecule has 9 heteroatoms. The molecule has 0 amide bonds. The van der Waals surface area contributed by atoms with Gasteiger partial charge in [0.05, 0.1) is 11.3 Å². The van der Waals surface area contributed by atoms with E-state index in [0.29, 0.717) is 6.54 Å². The van der Waals surface area contributed by atoms with Crippen molar-refractivity contribution in [2.75, 3.05) is 13.1 Å². The van der Waals surface area contributed by atoms with Gasteiger partial charge >= 0.3 is 15.2 Å². The van der Waals surface area contributed by atoms with Gasteiger partial charge in [-0.3, -0.25) is 14.0 Å². The van der Waals surface area contributed by atoms with Gasteiger partial charge in [0, 0.05) is 19.1 Å². The molecule has 1 rings (SSSR count). The monoisotopic (exact) mass is 287 g/mol. The van der Waals surface area contributed by atoms with Crippen LogP contribution >= 0.6 is 15.2 Å². The molecule has 0 spiro atoms.